The van der Waals surface area contributed by atoms with Gasteiger partial charge in [0.1, 0.15) is 0 Å². The van der Waals surface area contributed by atoms with Crippen LogP contribution in [0.15, 0.2) is 28.7 Å². The standard InChI is InChI=1S/C11H16BrN/c1-3-8-13-9(2)10-4-6-11(12)7-5-10/h4-7,9,13H,3,8H2,1-2H3. The van der Waals surface area contributed by atoms with E-state index in [0.717, 1.165) is 11.0 Å². The average molecular weight is 242 g/mol. The molecule has 0 heterocycles. The fourth-order valence-corrected chi connectivity index (χ4v) is 1.49. The molecule has 1 aromatic rings. The Hall–Kier alpha value is -0.340. The monoisotopic (exact) mass is 241 g/mol. The van der Waals surface area contributed by atoms with Crippen LogP contribution < -0.4 is 5.32 Å². The van der Waals surface area contributed by atoms with Crippen molar-refractivity contribution in [1.82, 2.24) is 5.32 Å². The highest BCUT2D eigenvalue weighted by molar-refractivity contribution is 9.10. The molecule has 0 saturated heterocycles. The van der Waals surface area contributed by atoms with Crippen LogP contribution in [0.2, 0.25) is 0 Å². The van der Waals surface area contributed by atoms with Gasteiger partial charge < -0.3 is 5.32 Å². The van der Waals surface area contributed by atoms with Crippen molar-refractivity contribution in [2.45, 2.75) is 26.3 Å². The fraction of sp³-hybridized carbons (Fsp3) is 0.455. The van der Waals surface area contributed by atoms with Crippen LogP contribution in [0.3, 0.4) is 0 Å². The zero-order valence-corrected chi connectivity index (χ0v) is 9.76. The molecule has 13 heavy (non-hydrogen) atoms. The molecule has 1 unspecified atom stereocenters. The van der Waals surface area contributed by atoms with Gasteiger partial charge in [-0.2, -0.15) is 0 Å². The van der Waals surface area contributed by atoms with Crippen molar-refractivity contribution in [2.75, 3.05) is 6.54 Å². The molecule has 2 heteroatoms. The maximum Gasteiger partial charge on any atom is 0.0291 e. The summed E-state index contributed by atoms with van der Waals surface area (Å²) in [6.07, 6.45) is 1.18. The summed E-state index contributed by atoms with van der Waals surface area (Å²) in [4.78, 5) is 0. The molecule has 0 aliphatic carbocycles. The molecule has 0 fully saturated rings. The minimum Gasteiger partial charge on any atom is -0.310 e. The van der Waals surface area contributed by atoms with E-state index in [1.54, 1.807) is 0 Å². The molecule has 0 saturated carbocycles. The van der Waals surface area contributed by atoms with Crippen LogP contribution >= 0.6 is 15.9 Å². The quantitative estimate of drug-likeness (QED) is 0.851. The second-order valence-corrected chi connectivity index (χ2v) is 4.14. The van der Waals surface area contributed by atoms with Crippen molar-refractivity contribution in [3.63, 3.8) is 0 Å². The fourth-order valence-electron chi connectivity index (χ4n) is 1.23. The summed E-state index contributed by atoms with van der Waals surface area (Å²) in [5, 5.41) is 3.45. The largest absolute Gasteiger partial charge is 0.310 e. The molecule has 0 amide bonds. The van der Waals surface area contributed by atoms with E-state index < -0.39 is 0 Å². The van der Waals surface area contributed by atoms with Gasteiger partial charge in [-0.25, -0.2) is 0 Å². The smallest absolute Gasteiger partial charge is 0.0291 e. The minimum atomic E-state index is 0.452. The van der Waals surface area contributed by atoms with Gasteiger partial charge in [0, 0.05) is 10.5 Å². The summed E-state index contributed by atoms with van der Waals surface area (Å²) in [6, 6.07) is 8.92. The lowest BCUT2D eigenvalue weighted by molar-refractivity contribution is 0.570. The number of rotatable bonds is 4. The van der Waals surface area contributed by atoms with E-state index in [2.05, 4.69) is 59.4 Å². The molecule has 0 bridgehead atoms. The first-order valence-electron chi connectivity index (χ1n) is 4.73. The van der Waals surface area contributed by atoms with Gasteiger partial charge in [-0.1, -0.05) is 35.0 Å². The lowest BCUT2D eigenvalue weighted by Gasteiger charge is -2.13. The van der Waals surface area contributed by atoms with E-state index in [9.17, 15) is 0 Å². The predicted molar refractivity (Wildman–Crippen MR) is 60.9 cm³/mol. The minimum absolute atomic E-state index is 0.452. The first-order valence-corrected chi connectivity index (χ1v) is 5.52. The summed E-state index contributed by atoms with van der Waals surface area (Å²) >= 11 is 3.43. The van der Waals surface area contributed by atoms with Crippen LogP contribution in [0, 0.1) is 0 Å². The first-order chi connectivity index (χ1) is 6.24. The molecule has 0 aliphatic rings. The third-order valence-corrected chi connectivity index (χ3v) is 2.60. The van der Waals surface area contributed by atoms with Gasteiger partial charge in [0.15, 0.2) is 0 Å². The maximum atomic E-state index is 3.45. The van der Waals surface area contributed by atoms with Crippen LogP contribution in [-0.4, -0.2) is 6.54 Å². The van der Waals surface area contributed by atoms with Gasteiger partial charge in [0.2, 0.25) is 0 Å². The summed E-state index contributed by atoms with van der Waals surface area (Å²) in [6.45, 7) is 5.46. The molecule has 0 aromatic heterocycles. The Morgan fingerprint density at radius 3 is 2.46 bits per heavy atom. The van der Waals surface area contributed by atoms with Crippen molar-refractivity contribution >= 4 is 15.9 Å². The number of nitrogens with one attached hydrogen (secondary N) is 1. The van der Waals surface area contributed by atoms with E-state index in [1.165, 1.54) is 12.0 Å². The van der Waals surface area contributed by atoms with Gasteiger partial charge in [0.25, 0.3) is 0 Å². The van der Waals surface area contributed by atoms with Gasteiger partial charge in [-0.3, -0.25) is 0 Å². The van der Waals surface area contributed by atoms with E-state index in [4.69, 9.17) is 0 Å². The topological polar surface area (TPSA) is 12.0 Å². The van der Waals surface area contributed by atoms with Crippen LogP contribution in [0.5, 0.6) is 0 Å². The molecule has 1 N–H and O–H groups in total. The zero-order chi connectivity index (χ0) is 9.68. The third kappa shape index (κ3) is 3.49. The number of hydrogen-bond donors (Lipinski definition) is 1. The predicted octanol–water partition coefficient (Wildman–Crippen LogP) is 3.51. The highest BCUT2D eigenvalue weighted by Gasteiger charge is 2.02. The highest BCUT2D eigenvalue weighted by Crippen LogP contribution is 2.16. The van der Waals surface area contributed by atoms with E-state index in [0.29, 0.717) is 6.04 Å². The summed E-state index contributed by atoms with van der Waals surface area (Å²) in [5.74, 6) is 0. The maximum absolute atomic E-state index is 3.45. The normalized spacial score (nSPS) is 12.8. The lowest BCUT2D eigenvalue weighted by Crippen LogP contribution is -2.19. The average Bonchev–Trinajstić information content (AvgIpc) is 2.15. The van der Waals surface area contributed by atoms with Crippen molar-refractivity contribution in [2.24, 2.45) is 0 Å². The third-order valence-electron chi connectivity index (χ3n) is 2.07. The Labute approximate surface area is 88.7 Å². The van der Waals surface area contributed by atoms with Crippen molar-refractivity contribution < 1.29 is 0 Å². The molecule has 0 spiro atoms. The SMILES string of the molecule is CCCNC(C)c1ccc(Br)cc1. The molecule has 0 aliphatic heterocycles. The van der Waals surface area contributed by atoms with Crippen molar-refractivity contribution in [3.05, 3.63) is 34.3 Å². The Morgan fingerprint density at radius 1 is 1.31 bits per heavy atom. The van der Waals surface area contributed by atoms with Crippen LogP contribution in [0.25, 0.3) is 0 Å². The second-order valence-electron chi connectivity index (χ2n) is 3.23. The summed E-state index contributed by atoms with van der Waals surface area (Å²) in [7, 11) is 0. The van der Waals surface area contributed by atoms with Crippen LogP contribution in [0.4, 0.5) is 0 Å². The van der Waals surface area contributed by atoms with Gasteiger partial charge >= 0.3 is 0 Å². The number of benzene rings is 1. The van der Waals surface area contributed by atoms with Gasteiger partial charge in [-0.05, 0) is 37.6 Å². The van der Waals surface area contributed by atoms with Crippen LogP contribution in [0.1, 0.15) is 31.9 Å². The first kappa shape index (κ1) is 10.7. The van der Waals surface area contributed by atoms with E-state index in [1.807, 2.05) is 0 Å². The zero-order valence-electron chi connectivity index (χ0n) is 8.18. The molecule has 72 valence electrons. The molecular weight excluding hydrogens is 226 g/mol. The lowest BCUT2D eigenvalue weighted by atomic mass is 10.1. The molecular formula is C11H16BrN. The van der Waals surface area contributed by atoms with E-state index >= 15 is 0 Å². The highest BCUT2D eigenvalue weighted by atomic mass is 79.9. The molecule has 1 atom stereocenters. The second kappa shape index (κ2) is 5.40. The van der Waals surface area contributed by atoms with Crippen molar-refractivity contribution in [1.29, 1.82) is 0 Å². The van der Waals surface area contributed by atoms with Crippen molar-refractivity contribution in [3.8, 4) is 0 Å². The summed E-state index contributed by atoms with van der Waals surface area (Å²) in [5.41, 5.74) is 1.34. The van der Waals surface area contributed by atoms with Gasteiger partial charge in [-0.15, -0.1) is 0 Å². The van der Waals surface area contributed by atoms with Crippen LogP contribution in [-0.2, 0) is 0 Å². The molecule has 0 radical (unpaired) electrons. The Balaban J connectivity index is 2.55. The molecule has 1 aromatic carbocycles. The Morgan fingerprint density at radius 2 is 1.92 bits per heavy atom. The Kier molecular flexibility index (Phi) is 4.46. The summed E-state index contributed by atoms with van der Waals surface area (Å²) < 4.78 is 1.14. The number of halogens is 1. The van der Waals surface area contributed by atoms with Gasteiger partial charge in [0.05, 0.1) is 0 Å². The number of hydrogen-bond acceptors (Lipinski definition) is 1. The molecule has 1 nitrogen and oxygen atoms in total. The Bertz CT molecular complexity index is 243. The molecule has 1 rings (SSSR count). The van der Waals surface area contributed by atoms with E-state index in [-0.39, 0.29) is 0 Å².